The maximum atomic E-state index is 14.8. The smallest absolute Gasteiger partial charge is 0.432 e. The Hall–Kier alpha value is -10.8. The van der Waals surface area contributed by atoms with Gasteiger partial charge in [-0.3, -0.25) is 0 Å². The summed E-state index contributed by atoms with van der Waals surface area (Å²) in [6.07, 6.45) is 0.990. The van der Waals surface area contributed by atoms with E-state index in [1.165, 1.54) is 29.6 Å². The lowest BCUT2D eigenvalue weighted by molar-refractivity contribution is -0.236. The highest BCUT2D eigenvalue weighted by molar-refractivity contribution is 7.14. The fraction of sp³-hybridized carbons (Fsp3) is 0.169. The first-order valence-corrected chi connectivity index (χ1v) is 28.6. The van der Waals surface area contributed by atoms with E-state index in [-0.39, 0.29) is 50.8 Å². The number of likely N-dealkylation sites (N-methyl/N-ethyl adjacent to an activating group) is 1. The number of anilines is 1. The summed E-state index contributed by atoms with van der Waals surface area (Å²) in [5.74, 6) is -0.415. The SMILES string of the molecule is CCN(CCOC(=O)c1cc(OCc2ccccc2)cc(OCc2ccccc2)c1)c1ccc(/C=C/c2sc(/C=C/C3=C(C#N)C(=C(C#N)C#N)OC3(C)C(F)(F)F)cc2COC(=O)c2cc(OCc3ccccc3)cc(OCc3ccccc3)c2)cc1. The van der Waals surface area contributed by atoms with Crippen LogP contribution < -0.4 is 23.8 Å². The van der Waals surface area contributed by atoms with Gasteiger partial charge in [0.25, 0.3) is 0 Å². The van der Waals surface area contributed by atoms with Gasteiger partial charge in [-0.05, 0) is 96.3 Å². The lowest BCUT2D eigenvalue weighted by atomic mass is 9.92. The summed E-state index contributed by atoms with van der Waals surface area (Å²) in [7, 11) is 0. The molecule has 1 aliphatic rings. The van der Waals surface area contributed by atoms with Crippen LogP contribution in [0.5, 0.6) is 23.0 Å². The molecule has 0 N–H and O–H groups in total. The number of esters is 2. The van der Waals surface area contributed by atoms with Crippen LogP contribution >= 0.6 is 11.3 Å². The van der Waals surface area contributed by atoms with E-state index in [1.54, 1.807) is 54.6 Å². The number of nitriles is 3. The molecule has 1 unspecified atom stereocenters. The van der Waals surface area contributed by atoms with Crippen LogP contribution in [0.2, 0.25) is 0 Å². The van der Waals surface area contributed by atoms with Crippen molar-refractivity contribution in [1.29, 1.82) is 15.8 Å². The number of hydrogen-bond donors (Lipinski definition) is 0. The predicted octanol–water partition coefficient (Wildman–Crippen LogP) is 15.8. The molecule has 2 heterocycles. The van der Waals surface area contributed by atoms with Crippen LogP contribution in [0.4, 0.5) is 18.9 Å². The number of thiophene rings is 1. The van der Waals surface area contributed by atoms with Crippen molar-refractivity contribution in [3.05, 3.63) is 271 Å². The average molecular weight is 1200 g/mol. The van der Waals surface area contributed by atoms with E-state index in [1.807, 2.05) is 159 Å². The Kier molecular flexibility index (Phi) is 20.6. The molecular weight excluding hydrogens is 1140 g/mol. The first-order chi connectivity index (χ1) is 42.7. The quantitative estimate of drug-likeness (QED) is 0.0391. The number of carbonyl (C=O) groups excluding carboxylic acids is 2. The minimum atomic E-state index is -5.07. The maximum Gasteiger partial charge on any atom is 0.432 e. The molecule has 13 nitrogen and oxygen atoms in total. The van der Waals surface area contributed by atoms with Crippen molar-refractivity contribution in [3.8, 4) is 41.2 Å². The van der Waals surface area contributed by atoms with Gasteiger partial charge in [0.1, 0.15) is 86.4 Å². The van der Waals surface area contributed by atoms with Gasteiger partial charge in [-0.1, -0.05) is 146 Å². The fourth-order valence-electron chi connectivity index (χ4n) is 9.18. The highest BCUT2D eigenvalue weighted by Crippen LogP contribution is 2.50. The molecule has 9 rings (SSSR count). The molecule has 0 saturated carbocycles. The lowest BCUT2D eigenvalue weighted by Gasteiger charge is -2.28. The summed E-state index contributed by atoms with van der Waals surface area (Å²) in [5.41, 5.74) is 1.16. The van der Waals surface area contributed by atoms with Crippen molar-refractivity contribution in [3.63, 3.8) is 0 Å². The highest BCUT2D eigenvalue weighted by Gasteiger charge is 2.60. The zero-order valence-electron chi connectivity index (χ0n) is 47.9. The summed E-state index contributed by atoms with van der Waals surface area (Å²) < 4.78 is 85.9. The fourth-order valence-corrected chi connectivity index (χ4v) is 10.2. The normalized spacial score (nSPS) is 13.7. The molecule has 7 aromatic carbocycles. The number of benzene rings is 7. The van der Waals surface area contributed by atoms with Crippen LogP contribution in [0.1, 0.15) is 77.7 Å². The lowest BCUT2D eigenvalue weighted by Crippen LogP contribution is -2.43. The van der Waals surface area contributed by atoms with Gasteiger partial charge >= 0.3 is 18.1 Å². The topological polar surface area (TPSA) is 173 Å². The number of allylic oxidation sites excluding steroid dienone is 2. The molecule has 442 valence electrons. The third-order valence-electron chi connectivity index (χ3n) is 13.9. The molecule has 0 radical (unpaired) electrons. The molecule has 88 heavy (non-hydrogen) atoms. The average Bonchev–Trinajstić information content (AvgIpc) is 1.73. The van der Waals surface area contributed by atoms with Crippen molar-refractivity contribution in [2.24, 2.45) is 0 Å². The van der Waals surface area contributed by atoms with E-state index < -0.39 is 46.2 Å². The van der Waals surface area contributed by atoms with E-state index in [0.29, 0.717) is 51.4 Å². The third kappa shape index (κ3) is 16.1. The van der Waals surface area contributed by atoms with Crippen molar-refractivity contribution < 1.29 is 55.9 Å². The van der Waals surface area contributed by atoms with Crippen molar-refractivity contribution in [2.75, 3.05) is 24.6 Å². The first-order valence-electron chi connectivity index (χ1n) is 27.8. The minimum Gasteiger partial charge on any atom is -0.489 e. The second kappa shape index (κ2) is 29.3. The number of hydrogen-bond acceptors (Lipinski definition) is 14. The van der Waals surface area contributed by atoms with E-state index in [4.69, 9.17) is 33.2 Å². The van der Waals surface area contributed by atoms with E-state index in [9.17, 15) is 38.5 Å². The predicted molar refractivity (Wildman–Crippen MR) is 328 cm³/mol. The summed E-state index contributed by atoms with van der Waals surface area (Å²) >= 11 is 1.17. The molecule has 0 saturated heterocycles. The van der Waals surface area contributed by atoms with Crippen LogP contribution in [-0.4, -0.2) is 43.4 Å². The van der Waals surface area contributed by atoms with Gasteiger partial charge in [0.05, 0.1) is 17.7 Å². The molecule has 0 fully saturated rings. The van der Waals surface area contributed by atoms with Gasteiger partial charge in [-0.15, -0.1) is 11.3 Å². The standard InChI is InChI=1S/C71H57F3N4O9S/c1-3-78(32-33-81-68(79)54-34-59(82-44-50-16-8-4-9-17-50)39-60(35-54)83-45-51-18-10-5-11-19-51)58-27-24-49(25-28-58)26-31-66-56(38-63(88-66)29-30-65-64(43-77)67(57(41-75)42-76)87-70(65,2)71(72,73)74)48-86-69(80)55-36-61(84-46-52-20-12-6-13-21-52)40-62(37-55)85-47-53-22-14-7-15-23-53/h4-31,34-40H,3,32-33,44-48H2,1-2H3/b30-29+,31-26+. The molecule has 1 aliphatic heterocycles. The summed E-state index contributed by atoms with van der Waals surface area (Å²) in [4.78, 5) is 30.7. The highest BCUT2D eigenvalue weighted by atomic mass is 32.1. The van der Waals surface area contributed by atoms with Gasteiger partial charge in [0.2, 0.25) is 5.60 Å². The zero-order valence-corrected chi connectivity index (χ0v) is 48.7. The third-order valence-corrected chi connectivity index (χ3v) is 15.0. The van der Waals surface area contributed by atoms with Gasteiger partial charge in [-0.2, -0.15) is 29.0 Å². The van der Waals surface area contributed by atoms with E-state index in [0.717, 1.165) is 46.5 Å². The molecule has 8 aromatic rings. The van der Waals surface area contributed by atoms with Gasteiger partial charge in [0.15, 0.2) is 11.3 Å². The van der Waals surface area contributed by atoms with E-state index in [2.05, 4.69) is 4.90 Å². The number of carbonyl (C=O) groups is 2. The molecule has 0 amide bonds. The Morgan fingerprint density at radius 2 is 1.03 bits per heavy atom. The van der Waals surface area contributed by atoms with Crippen molar-refractivity contribution in [2.45, 2.75) is 58.7 Å². The molecule has 1 atom stereocenters. The van der Waals surface area contributed by atoms with Gasteiger partial charge < -0.3 is 38.1 Å². The van der Waals surface area contributed by atoms with Crippen LogP contribution in [0.3, 0.4) is 0 Å². The second-order valence-corrected chi connectivity index (χ2v) is 21.1. The van der Waals surface area contributed by atoms with Crippen LogP contribution in [0.25, 0.3) is 18.2 Å². The Labute approximate surface area is 511 Å². The van der Waals surface area contributed by atoms with Crippen LogP contribution in [0.15, 0.2) is 217 Å². The molecular formula is C71H57F3N4O9S. The Bertz CT molecular complexity index is 3860. The minimum absolute atomic E-state index is 0.0685. The second-order valence-electron chi connectivity index (χ2n) is 20.0. The zero-order chi connectivity index (χ0) is 61.9. The summed E-state index contributed by atoms with van der Waals surface area (Å²) in [6, 6.07) is 62.2. The van der Waals surface area contributed by atoms with Crippen molar-refractivity contribution in [1.82, 2.24) is 0 Å². The largest absolute Gasteiger partial charge is 0.489 e. The Morgan fingerprint density at radius 1 is 0.580 bits per heavy atom. The molecule has 17 heteroatoms. The number of rotatable bonds is 25. The molecule has 0 aliphatic carbocycles. The molecule has 0 bridgehead atoms. The van der Waals surface area contributed by atoms with Crippen molar-refractivity contribution >= 4 is 47.2 Å². The monoisotopic (exact) mass is 1200 g/mol. The van der Waals surface area contributed by atoms with Gasteiger partial charge in [0, 0.05) is 45.3 Å². The number of halogens is 3. The first kappa shape index (κ1) is 61.8. The maximum absolute atomic E-state index is 14.8. The number of nitrogens with zero attached hydrogens (tertiary/aromatic N) is 4. The molecule has 0 spiro atoms. The number of ether oxygens (including phenoxy) is 7. The Morgan fingerprint density at radius 3 is 1.45 bits per heavy atom. The summed E-state index contributed by atoms with van der Waals surface area (Å²) in [5, 5.41) is 29.2. The summed E-state index contributed by atoms with van der Waals surface area (Å²) in [6.45, 7) is 4.45. The van der Waals surface area contributed by atoms with E-state index >= 15 is 0 Å². The van der Waals surface area contributed by atoms with Crippen LogP contribution in [-0.2, 0) is 47.2 Å². The number of alkyl halides is 3. The van der Waals surface area contributed by atoms with Crippen LogP contribution in [0, 0.1) is 34.0 Å². The van der Waals surface area contributed by atoms with Gasteiger partial charge in [-0.25, -0.2) is 9.59 Å². The Balaban J connectivity index is 0.931. The molecule has 1 aromatic heterocycles.